The normalized spacial score (nSPS) is 21.0. The predicted molar refractivity (Wildman–Crippen MR) is 84.6 cm³/mol. The van der Waals surface area contributed by atoms with Gasteiger partial charge in [-0.1, -0.05) is 29.8 Å². The Morgan fingerprint density at radius 3 is 2.38 bits per heavy atom. The highest BCUT2D eigenvalue weighted by Gasteiger charge is 2.30. The number of aryl methyl sites for hydroxylation is 1. The molecule has 1 N–H and O–H groups in total. The van der Waals surface area contributed by atoms with Crippen molar-refractivity contribution in [2.75, 3.05) is 5.32 Å². The molecular weight excluding hydrogens is 336 g/mol. The average Bonchev–Trinajstić information content (AvgIpc) is 2.40. The van der Waals surface area contributed by atoms with Crippen LogP contribution in [0.4, 0.5) is 14.5 Å². The zero-order valence-corrected chi connectivity index (χ0v) is 13.3. The third-order valence-corrected chi connectivity index (χ3v) is 4.66. The molecule has 0 atom stereocenters. The van der Waals surface area contributed by atoms with Crippen LogP contribution in [0.1, 0.15) is 29.9 Å². The van der Waals surface area contributed by atoms with Gasteiger partial charge in [-0.05, 0) is 53.2 Å². The number of hydrogen-bond acceptors (Lipinski definition) is 1. The fraction of sp³-hybridized carbons (Fsp3) is 0.294. The predicted octanol–water partition coefficient (Wildman–Crippen LogP) is 5.39. The van der Waals surface area contributed by atoms with Crippen LogP contribution >= 0.6 is 15.9 Å². The zero-order valence-electron chi connectivity index (χ0n) is 11.7. The van der Waals surface area contributed by atoms with E-state index in [0.717, 1.165) is 18.9 Å². The van der Waals surface area contributed by atoms with E-state index < -0.39 is 11.6 Å². The van der Waals surface area contributed by atoms with Crippen molar-refractivity contribution >= 4 is 21.6 Å². The minimum atomic E-state index is -0.579. The molecule has 3 rings (SSSR count). The number of hydrogen-bond donors (Lipinski definition) is 1. The van der Waals surface area contributed by atoms with Gasteiger partial charge in [-0.15, -0.1) is 0 Å². The Bertz CT molecular complexity index is 649. The quantitative estimate of drug-likeness (QED) is 0.730. The van der Waals surface area contributed by atoms with E-state index in [9.17, 15) is 8.78 Å². The van der Waals surface area contributed by atoms with Crippen LogP contribution in [0.3, 0.4) is 0 Å². The minimum absolute atomic E-state index is 0.239. The highest BCUT2D eigenvalue weighted by molar-refractivity contribution is 9.10. The summed E-state index contributed by atoms with van der Waals surface area (Å²) in [6.45, 7) is 2.07. The molecular formula is C17H16BrF2N. The third kappa shape index (κ3) is 3.10. The first-order valence-corrected chi connectivity index (χ1v) is 7.80. The van der Waals surface area contributed by atoms with Crippen LogP contribution in [0.5, 0.6) is 0 Å². The molecule has 0 amide bonds. The average molecular weight is 352 g/mol. The van der Waals surface area contributed by atoms with Crippen molar-refractivity contribution < 1.29 is 8.78 Å². The van der Waals surface area contributed by atoms with E-state index in [1.165, 1.54) is 17.2 Å². The number of benzene rings is 2. The van der Waals surface area contributed by atoms with E-state index >= 15 is 0 Å². The summed E-state index contributed by atoms with van der Waals surface area (Å²) < 4.78 is 27.2. The van der Waals surface area contributed by atoms with Gasteiger partial charge in [-0.25, -0.2) is 8.78 Å². The molecule has 0 unspecified atom stereocenters. The Balaban J connectivity index is 1.62. The first-order valence-electron chi connectivity index (χ1n) is 7.00. The standard InChI is InChI=1S/C17H16BrF2N/c1-10-2-4-11(5-3-10)12-6-13(7-12)21-17-8-14(18)15(19)9-16(17)20/h2-5,8-9,12-13,21H,6-7H2,1H3. The zero-order chi connectivity index (χ0) is 15.0. The van der Waals surface area contributed by atoms with Gasteiger partial charge in [0, 0.05) is 12.1 Å². The Morgan fingerprint density at radius 1 is 1.05 bits per heavy atom. The number of nitrogens with one attached hydrogen (secondary N) is 1. The van der Waals surface area contributed by atoms with Gasteiger partial charge in [0.25, 0.3) is 0 Å². The van der Waals surface area contributed by atoms with E-state index in [1.807, 2.05) is 0 Å². The fourth-order valence-electron chi connectivity index (χ4n) is 2.70. The van der Waals surface area contributed by atoms with Crippen molar-refractivity contribution in [3.8, 4) is 0 Å². The van der Waals surface area contributed by atoms with E-state index in [-0.39, 0.29) is 10.5 Å². The van der Waals surface area contributed by atoms with Crippen LogP contribution in [0.25, 0.3) is 0 Å². The summed E-state index contributed by atoms with van der Waals surface area (Å²) in [6.07, 6.45) is 1.94. The van der Waals surface area contributed by atoms with Crippen molar-refractivity contribution in [2.24, 2.45) is 0 Å². The maximum absolute atomic E-state index is 13.7. The summed E-state index contributed by atoms with van der Waals surface area (Å²) >= 11 is 3.08. The van der Waals surface area contributed by atoms with Crippen LogP contribution in [-0.4, -0.2) is 6.04 Å². The summed E-state index contributed by atoms with van der Waals surface area (Å²) in [5.74, 6) is -0.603. The number of rotatable bonds is 3. The lowest BCUT2D eigenvalue weighted by molar-refractivity contribution is 0.372. The molecule has 4 heteroatoms. The second-order valence-electron chi connectivity index (χ2n) is 5.67. The molecule has 0 saturated heterocycles. The highest BCUT2D eigenvalue weighted by Crippen LogP contribution is 2.39. The first-order chi connectivity index (χ1) is 10.0. The summed E-state index contributed by atoms with van der Waals surface area (Å²) in [5.41, 5.74) is 2.95. The molecule has 2 aromatic rings. The molecule has 0 aliphatic heterocycles. The number of halogens is 3. The van der Waals surface area contributed by atoms with Gasteiger partial charge in [-0.2, -0.15) is 0 Å². The molecule has 2 aromatic carbocycles. The van der Waals surface area contributed by atoms with Crippen molar-refractivity contribution in [1.82, 2.24) is 0 Å². The van der Waals surface area contributed by atoms with Crippen LogP contribution in [-0.2, 0) is 0 Å². The lowest BCUT2D eigenvalue weighted by atomic mass is 9.75. The Kier molecular flexibility index (Phi) is 3.98. The second-order valence-corrected chi connectivity index (χ2v) is 6.52. The van der Waals surface area contributed by atoms with Gasteiger partial charge in [0.05, 0.1) is 10.2 Å². The maximum Gasteiger partial charge on any atom is 0.149 e. The van der Waals surface area contributed by atoms with E-state index in [0.29, 0.717) is 11.6 Å². The summed E-state index contributed by atoms with van der Waals surface area (Å²) in [4.78, 5) is 0. The molecule has 0 bridgehead atoms. The van der Waals surface area contributed by atoms with Crippen LogP contribution in [0, 0.1) is 18.6 Å². The molecule has 1 aliphatic carbocycles. The van der Waals surface area contributed by atoms with Crippen molar-refractivity contribution in [3.05, 3.63) is 63.6 Å². The monoisotopic (exact) mass is 351 g/mol. The van der Waals surface area contributed by atoms with Crippen LogP contribution in [0.15, 0.2) is 40.9 Å². The number of anilines is 1. The van der Waals surface area contributed by atoms with E-state index in [1.54, 1.807) is 0 Å². The Morgan fingerprint density at radius 2 is 1.71 bits per heavy atom. The van der Waals surface area contributed by atoms with Gasteiger partial charge in [0.1, 0.15) is 11.6 Å². The van der Waals surface area contributed by atoms with E-state index in [4.69, 9.17) is 0 Å². The fourth-order valence-corrected chi connectivity index (χ4v) is 3.04. The SMILES string of the molecule is Cc1ccc(C2CC(Nc3cc(Br)c(F)cc3F)C2)cc1. The third-order valence-electron chi connectivity index (χ3n) is 4.06. The maximum atomic E-state index is 13.7. The van der Waals surface area contributed by atoms with Gasteiger partial charge < -0.3 is 5.32 Å². The molecule has 0 aromatic heterocycles. The molecule has 1 nitrogen and oxygen atoms in total. The molecule has 0 spiro atoms. The molecule has 1 aliphatic rings. The molecule has 21 heavy (non-hydrogen) atoms. The summed E-state index contributed by atoms with van der Waals surface area (Å²) in [5, 5.41) is 3.15. The lowest BCUT2D eigenvalue weighted by Gasteiger charge is -2.37. The van der Waals surface area contributed by atoms with E-state index in [2.05, 4.69) is 52.4 Å². The van der Waals surface area contributed by atoms with Gasteiger partial charge >= 0.3 is 0 Å². The Hall–Kier alpha value is -1.42. The molecule has 0 radical (unpaired) electrons. The van der Waals surface area contributed by atoms with Crippen molar-refractivity contribution in [1.29, 1.82) is 0 Å². The lowest BCUT2D eigenvalue weighted by Crippen LogP contribution is -2.34. The molecule has 1 saturated carbocycles. The Labute approximate surface area is 131 Å². The summed E-state index contributed by atoms with van der Waals surface area (Å²) in [7, 11) is 0. The molecule has 110 valence electrons. The minimum Gasteiger partial charge on any atom is -0.380 e. The second kappa shape index (κ2) is 5.76. The van der Waals surface area contributed by atoms with Gasteiger partial charge in [0.2, 0.25) is 0 Å². The highest BCUT2D eigenvalue weighted by atomic mass is 79.9. The van der Waals surface area contributed by atoms with Crippen LogP contribution < -0.4 is 5.32 Å². The first kappa shape index (κ1) is 14.5. The largest absolute Gasteiger partial charge is 0.380 e. The van der Waals surface area contributed by atoms with Crippen molar-refractivity contribution in [2.45, 2.75) is 31.7 Å². The van der Waals surface area contributed by atoms with Gasteiger partial charge in [0.15, 0.2) is 0 Å². The molecule has 0 heterocycles. The smallest absolute Gasteiger partial charge is 0.149 e. The summed E-state index contributed by atoms with van der Waals surface area (Å²) in [6, 6.07) is 11.2. The topological polar surface area (TPSA) is 12.0 Å². The van der Waals surface area contributed by atoms with Crippen LogP contribution in [0.2, 0.25) is 0 Å². The van der Waals surface area contributed by atoms with Gasteiger partial charge in [-0.3, -0.25) is 0 Å². The van der Waals surface area contributed by atoms with Crippen molar-refractivity contribution in [3.63, 3.8) is 0 Å². The molecule has 1 fully saturated rings.